The van der Waals surface area contributed by atoms with E-state index in [0.717, 1.165) is 29.7 Å². The molecule has 0 saturated heterocycles. The number of carbonyl (C=O) groups is 1. The number of amides is 1. The van der Waals surface area contributed by atoms with Crippen LogP contribution in [0, 0.1) is 0 Å². The molecule has 5 nitrogen and oxygen atoms in total. The highest BCUT2D eigenvalue weighted by atomic mass is 16.5. The van der Waals surface area contributed by atoms with Crippen LogP contribution in [-0.2, 0) is 17.9 Å². The summed E-state index contributed by atoms with van der Waals surface area (Å²) in [5, 5.41) is 6.74. The summed E-state index contributed by atoms with van der Waals surface area (Å²) in [7, 11) is 0. The second-order valence-electron chi connectivity index (χ2n) is 5.48. The van der Waals surface area contributed by atoms with Gasteiger partial charge in [-0.1, -0.05) is 29.4 Å². The van der Waals surface area contributed by atoms with Gasteiger partial charge < -0.3 is 14.6 Å². The molecule has 1 aliphatic rings. The number of nitrogens with one attached hydrogen (secondary N) is 1. The molecule has 1 aromatic carbocycles. The summed E-state index contributed by atoms with van der Waals surface area (Å²) < 4.78 is 10.7. The van der Waals surface area contributed by atoms with Crippen LogP contribution in [-0.4, -0.2) is 17.7 Å². The Balaban J connectivity index is 1.60. The zero-order valence-corrected chi connectivity index (χ0v) is 12.7. The number of ether oxygens (including phenoxy) is 1. The zero-order chi connectivity index (χ0) is 15.4. The Morgan fingerprint density at radius 1 is 1.36 bits per heavy atom. The summed E-state index contributed by atoms with van der Waals surface area (Å²) in [6, 6.07) is 9.68. The molecule has 116 valence electrons. The summed E-state index contributed by atoms with van der Waals surface area (Å²) in [6.45, 7) is 3.64. The van der Waals surface area contributed by atoms with E-state index < -0.39 is 0 Å². The number of rotatable bonds is 7. The average molecular weight is 300 g/mol. The molecule has 1 saturated carbocycles. The van der Waals surface area contributed by atoms with E-state index in [-0.39, 0.29) is 5.91 Å². The van der Waals surface area contributed by atoms with Gasteiger partial charge in [0.2, 0.25) is 0 Å². The first-order valence-corrected chi connectivity index (χ1v) is 7.67. The standard InChI is InChI=1S/C17H20N2O3/c1-2-21-11-14-6-4-3-5-13(14)10-18-17(20)15-9-16(22-19-15)12-7-8-12/h3-6,9,12H,2,7-8,10-11H2,1H3,(H,18,20). The molecule has 1 amide bonds. The lowest BCUT2D eigenvalue weighted by Gasteiger charge is -2.10. The number of nitrogens with zero attached hydrogens (tertiary/aromatic N) is 1. The molecule has 3 rings (SSSR count). The summed E-state index contributed by atoms with van der Waals surface area (Å²) in [6.07, 6.45) is 2.25. The monoisotopic (exact) mass is 300 g/mol. The molecule has 0 atom stereocenters. The van der Waals surface area contributed by atoms with Crippen LogP contribution in [0.5, 0.6) is 0 Å². The Morgan fingerprint density at radius 2 is 2.14 bits per heavy atom. The Labute approximate surface area is 129 Å². The molecule has 0 unspecified atom stereocenters. The predicted octanol–water partition coefficient (Wildman–Crippen LogP) is 3.02. The summed E-state index contributed by atoms with van der Waals surface area (Å²) in [5.41, 5.74) is 2.49. The van der Waals surface area contributed by atoms with E-state index in [1.807, 2.05) is 31.2 Å². The van der Waals surface area contributed by atoms with Crippen LogP contribution in [0.15, 0.2) is 34.9 Å². The van der Waals surface area contributed by atoms with Gasteiger partial charge in [0.15, 0.2) is 5.69 Å². The average Bonchev–Trinajstić information content (AvgIpc) is 3.28. The van der Waals surface area contributed by atoms with E-state index in [2.05, 4.69) is 10.5 Å². The van der Waals surface area contributed by atoms with Crippen molar-refractivity contribution in [1.29, 1.82) is 0 Å². The molecule has 22 heavy (non-hydrogen) atoms. The first kappa shape index (κ1) is 14.8. The van der Waals surface area contributed by atoms with Gasteiger partial charge in [-0.2, -0.15) is 0 Å². The Hall–Kier alpha value is -2.14. The third-order valence-corrected chi connectivity index (χ3v) is 3.76. The van der Waals surface area contributed by atoms with Crippen LogP contribution in [0.1, 0.15) is 53.1 Å². The Kier molecular flexibility index (Phi) is 4.53. The maximum atomic E-state index is 12.1. The highest BCUT2D eigenvalue weighted by Gasteiger charge is 2.28. The largest absolute Gasteiger partial charge is 0.377 e. The van der Waals surface area contributed by atoms with Gasteiger partial charge in [0.1, 0.15) is 5.76 Å². The molecule has 1 heterocycles. The SMILES string of the molecule is CCOCc1ccccc1CNC(=O)c1cc(C2CC2)on1. The maximum absolute atomic E-state index is 12.1. The fourth-order valence-electron chi connectivity index (χ4n) is 2.31. The van der Waals surface area contributed by atoms with Crippen molar-refractivity contribution in [3.63, 3.8) is 0 Å². The number of hydrogen-bond acceptors (Lipinski definition) is 4. The lowest BCUT2D eigenvalue weighted by atomic mass is 10.1. The van der Waals surface area contributed by atoms with Crippen molar-refractivity contribution in [2.45, 2.75) is 38.8 Å². The summed E-state index contributed by atoms with van der Waals surface area (Å²) >= 11 is 0. The van der Waals surface area contributed by atoms with Gasteiger partial charge in [0, 0.05) is 25.1 Å². The molecule has 1 aliphatic carbocycles. The van der Waals surface area contributed by atoms with Gasteiger partial charge >= 0.3 is 0 Å². The van der Waals surface area contributed by atoms with Gasteiger partial charge in [-0.3, -0.25) is 4.79 Å². The van der Waals surface area contributed by atoms with Crippen molar-refractivity contribution in [2.24, 2.45) is 0 Å². The first-order valence-electron chi connectivity index (χ1n) is 7.67. The van der Waals surface area contributed by atoms with Gasteiger partial charge in [-0.25, -0.2) is 0 Å². The number of carbonyl (C=O) groups excluding carboxylic acids is 1. The predicted molar refractivity (Wildman–Crippen MR) is 81.4 cm³/mol. The molecule has 0 spiro atoms. The molecule has 0 aliphatic heterocycles. The fourth-order valence-corrected chi connectivity index (χ4v) is 2.31. The Morgan fingerprint density at radius 3 is 2.86 bits per heavy atom. The Bertz CT molecular complexity index is 647. The van der Waals surface area contributed by atoms with Gasteiger partial charge in [-0.05, 0) is 30.9 Å². The normalized spacial score (nSPS) is 14.0. The van der Waals surface area contributed by atoms with Crippen molar-refractivity contribution in [3.8, 4) is 0 Å². The van der Waals surface area contributed by atoms with Crippen LogP contribution in [0.25, 0.3) is 0 Å². The van der Waals surface area contributed by atoms with Crippen molar-refractivity contribution >= 4 is 5.91 Å². The minimum atomic E-state index is -0.207. The van der Waals surface area contributed by atoms with Crippen LogP contribution in [0.3, 0.4) is 0 Å². The molecule has 2 aromatic rings. The number of aromatic nitrogens is 1. The molecule has 1 N–H and O–H groups in total. The van der Waals surface area contributed by atoms with Crippen LogP contribution < -0.4 is 5.32 Å². The number of benzene rings is 1. The van der Waals surface area contributed by atoms with Gasteiger partial charge in [0.05, 0.1) is 6.61 Å². The van der Waals surface area contributed by atoms with Crippen LogP contribution in [0.4, 0.5) is 0 Å². The zero-order valence-electron chi connectivity index (χ0n) is 12.7. The molecule has 5 heteroatoms. The van der Waals surface area contributed by atoms with E-state index >= 15 is 0 Å². The minimum absolute atomic E-state index is 0.207. The quantitative estimate of drug-likeness (QED) is 0.853. The molecular formula is C17H20N2O3. The van der Waals surface area contributed by atoms with E-state index in [4.69, 9.17) is 9.26 Å². The minimum Gasteiger partial charge on any atom is -0.377 e. The van der Waals surface area contributed by atoms with Crippen molar-refractivity contribution < 1.29 is 14.1 Å². The topological polar surface area (TPSA) is 64.4 Å². The lowest BCUT2D eigenvalue weighted by molar-refractivity contribution is 0.0940. The lowest BCUT2D eigenvalue weighted by Crippen LogP contribution is -2.23. The summed E-state index contributed by atoms with van der Waals surface area (Å²) in [5.74, 6) is 1.07. The fraction of sp³-hybridized carbons (Fsp3) is 0.412. The van der Waals surface area contributed by atoms with Gasteiger partial charge in [-0.15, -0.1) is 0 Å². The van der Waals surface area contributed by atoms with E-state index in [1.54, 1.807) is 6.07 Å². The van der Waals surface area contributed by atoms with Crippen molar-refractivity contribution in [2.75, 3.05) is 6.61 Å². The van der Waals surface area contributed by atoms with Crippen LogP contribution in [0.2, 0.25) is 0 Å². The molecular weight excluding hydrogens is 280 g/mol. The second-order valence-corrected chi connectivity index (χ2v) is 5.48. The molecule has 1 fully saturated rings. The highest BCUT2D eigenvalue weighted by Crippen LogP contribution is 2.40. The molecule has 0 radical (unpaired) electrons. The highest BCUT2D eigenvalue weighted by molar-refractivity contribution is 5.92. The third-order valence-electron chi connectivity index (χ3n) is 3.76. The second kappa shape index (κ2) is 6.75. The third kappa shape index (κ3) is 3.54. The molecule has 0 bridgehead atoms. The van der Waals surface area contributed by atoms with Crippen molar-refractivity contribution in [1.82, 2.24) is 10.5 Å². The van der Waals surface area contributed by atoms with E-state index in [1.165, 1.54) is 0 Å². The van der Waals surface area contributed by atoms with Crippen LogP contribution >= 0.6 is 0 Å². The first-order chi connectivity index (χ1) is 10.8. The maximum Gasteiger partial charge on any atom is 0.273 e. The summed E-state index contributed by atoms with van der Waals surface area (Å²) in [4.78, 5) is 12.1. The number of hydrogen-bond donors (Lipinski definition) is 1. The van der Waals surface area contributed by atoms with E-state index in [0.29, 0.717) is 31.4 Å². The van der Waals surface area contributed by atoms with E-state index in [9.17, 15) is 4.79 Å². The van der Waals surface area contributed by atoms with Gasteiger partial charge in [0.25, 0.3) is 5.91 Å². The molecule has 1 aromatic heterocycles. The van der Waals surface area contributed by atoms with Crippen molar-refractivity contribution in [3.05, 3.63) is 52.9 Å². The smallest absolute Gasteiger partial charge is 0.273 e.